The van der Waals surface area contributed by atoms with E-state index in [0.717, 1.165) is 24.9 Å². The monoisotopic (exact) mass is 323 g/mol. The Bertz CT molecular complexity index is 421. The molecule has 0 amide bonds. The Kier molecular flexibility index (Phi) is 6.92. The summed E-state index contributed by atoms with van der Waals surface area (Å²) in [5.41, 5.74) is 0.953. The van der Waals surface area contributed by atoms with Crippen LogP contribution in [0.2, 0.25) is 15.1 Å². The summed E-state index contributed by atoms with van der Waals surface area (Å²) >= 11 is 18.2. The third-order valence-corrected chi connectivity index (χ3v) is 4.25. The van der Waals surface area contributed by atoms with E-state index in [1.54, 1.807) is 12.1 Å². The molecule has 0 saturated heterocycles. The minimum Gasteiger partial charge on any atom is -0.396 e. The lowest BCUT2D eigenvalue weighted by Crippen LogP contribution is -2.29. The second-order valence-corrected chi connectivity index (χ2v) is 6.61. The average molecular weight is 325 g/mol. The van der Waals surface area contributed by atoms with Gasteiger partial charge in [-0.25, -0.2) is 0 Å². The van der Waals surface area contributed by atoms with Crippen molar-refractivity contribution >= 4 is 34.8 Å². The molecule has 0 aliphatic heterocycles. The summed E-state index contributed by atoms with van der Waals surface area (Å²) in [5.74, 6) is 0. The van der Waals surface area contributed by atoms with Crippen LogP contribution >= 0.6 is 34.8 Å². The Morgan fingerprint density at radius 3 is 2.42 bits per heavy atom. The van der Waals surface area contributed by atoms with Crippen molar-refractivity contribution < 1.29 is 5.11 Å². The highest BCUT2D eigenvalue weighted by molar-refractivity contribution is 6.44. The number of benzene rings is 1. The predicted molar refractivity (Wildman–Crippen MR) is 83.3 cm³/mol. The molecule has 0 atom stereocenters. The van der Waals surface area contributed by atoms with E-state index in [1.165, 1.54) is 0 Å². The largest absolute Gasteiger partial charge is 0.396 e. The molecule has 0 radical (unpaired) electrons. The summed E-state index contributed by atoms with van der Waals surface area (Å²) in [4.78, 5) is 0. The quantitative estimate of drug-likeness (QED) is 0.722. The van der Waals surface area contributed by atoms with E-state index in [-0.39, 0.29) is 12.0 Å². The topological polar surface area (TPSA) is 32.3 Å². The summed E-state index contributed by atoms with van der Waals surface area (Å²) in [6.45, 7) is 5.97. The first-order valence-corrected chi connectivity index (χ1v) is 7.45. The Morgan fingerprint density at radius 1 is 1.16 bits per heavy atom. The van der Waals surface area contributed by atoms with Crippen LogP contribution in [0, 0.1) is 5.41 Å². The highest BCUT2D eigenvalue weighted by Crippen LogP contribution is 2.31. The van der Waals surface area contributed by atoms with E-state index in [2.05, 4.69) is 19.2 Å². The normalized spacial score (nSPS) is 11.9. The van der Waals surface area contributed by atoms with E-state index < -0.39 is 0 Å². The maximum atomic E-state index is 8.87. The molecule has 108 valence electrons. The van der Waals surface area contributed by atoms with E-state index in [9.17, 15) is 0 Å². The van der Waals surface area contributed by atoms with Crippen LogP contribution in [0.5, 0.6) is 0 Å². The first kappa shape index (κ1) is 17.1. The van der Waals surface area contributed by atoms with Gasteiger partial charge in [0.25, 0.3) is 0 Å². The van der Waals surface area contributed by atoms with E-state index >= 15 is 0 Å². The molecule has 1 aromatic rings. The summed E-state index contributed by atoms with van der Waals surface area (Å²) < 4.78 is 0. The lowest BCUT2D eigenvalue weighted by molar-refractivity contribution is 0.236. The van der Waals surface area contributed by atoms with Gasteiger partial charge in [-0.05, 0) is 30.4 Å². The van der Waals surface area contributed by atoms with E-state index in [1.807, 2.05) is 0 Å². The molecule has 19 heavy (non-hydrogen) atoms. The van der Waals surface area contributed by atoms with Gasteiger partial charge in [0.1, 0.15) is 0 Å². The van der Waals surface area contributed by atoms with Crippen LogP contribution in [-0.4, -0.2) is 18.3 Å². The van der Waals surface area contributed by atoms with Crippen LogP contribution in [0.25, 0.3) is 0 Å². The second-order valence-electron chi connectivity index (χ2n) is 5.42. The smallest absolute Gasteiger partial charge is 0.0652 e. The van der Waals surface area contributed by atoms with Gasteiger partial charge in [0.15, 0.2) is 0 Å². The van der Waals surface area contributed by atoms with Crippen molar-refractivity contribution in [2.24, 2.45) is 5.41 Å². The van der Waals surface area contributed by atoms with E-state index in [0.29, 0.717) is 21.6 Å². The van der Waals surface area contributed by atoms with Gasteiger partial charge in [-0.3, -0.25) is 0 Å². The first-order valence-electron chi connectivity index (χ1n) is 6.31. The molecule has 0 fully saturated rings. The zero-order valence-electron chi connectivity index (χ0n) is 11.3. The fourth-order valence-electron chi connectivity index (χ4n) is 1.90. The summed E-state index contributed by atoms with van der Waals surface area (Å²) in [6.07, 6.45) is 1.78. The van der Waals surface area contributed by atoms with Crippen LogP contribution in [0.1, 0.15) is 32.3 Å². The second kappa shape index (κ2) is 7.70. The number of aliphatic hydroxyl groups is 1. The molecule has 2 N–H and O–H groups in total. The number of hydrogen-bond donors (Lipinski definition) is 2. The SMILES string of the molecule is CC(C)(CCCO)CNCc1c(Cl)ccc(Cl)c1Cl. The third kappa shape index (κ3) is 5.49. The Hall–Kier alpha value is 0.01000. The van der Waals surface area contributed by atoms with Crippen molar-refractivity contribution in [3.05, 3.63) is 32.8 Å². The molecule has 2 nitrogen and oxygen atoms in total. The molecule has 0 spiro atoms. The average Bonchev–Trinajstić information content (AvgIpc) is 2.36. The zero-order valence-corrected chi connectivity index (χ0v) is 13.5. The first-order chi connectivity index (χ1) is 8.87. The summed E-state index contributed by atoms with van der Waals surface area (Å²) in [6, 6.07) is 3.45. The lowest BCUT2D eigenvalue weighted by Gasteiger charge is -2.25. The Morgan fingerprint density at radius 2 is 1.79 bits per heavy atom. The Balaban J connectivity index is 2.56. The fourth-order valence-corrected chi connectivity index (χ4v) is 2.58. The molecule has 0 bridgehead atoms. The highest BCUT2D eigenvalue weighted by atomic mass is 35.5. The molecule has 0 aliphatic carbocycles. The zero-order chi connectivity index (χ0) is 14.5. The van der Waals surface area contributed by atoms with Crippen LogP contribution in [0.4, 0.5) is 0 Å². The van der Waals surface area contributed by atoms with Gasteiger partial charge in [-0.1, -0.05) is 48.7 Å². The maximum absolute atomic E-state index is 8.87. The molecule has 1 aromatic carbocycles. The molecule has 1 rings (SSSR count). The van der Waals surface area contributed by atoms with Gasteiger partial charge in [-0.2, -0.15) is 0 Å². The summed E-state index contributed by atoms with van der Waals surface area (Å²) in [5, 5.41) is 13.9. The van der Waals surface area contributed by atoms with Crippen molar-refractivity contribution in [3.8, 4) is 0 Å². The van der Waals surface area contributed by atoms with Crippen LogP contribution < -0.4 is 5.32 Å². The lowest BCUT2D eigenvalue weighted by atomic mass is 9.88. The van der Waals surface area contributed by atoms with Crippen molar-refractivity contribution in [2.45, 2.75) is 33.2 Å². The van der Waals surface area contributed by atoms with Crippen molar-refractivity contribution in [1.82, 2.24) is 5.32 Å². The summed E-state index contributed by atoms with van der Waals surface area (Å²) in [7, 11) is 0. The molecule has 0 unspecified atom stereocenters. The predicted octanol–water partition coefficient (Wildman–Crippen LogP) is 4.54. The number of rotatable bonds is 7. The van der Waals surface area contributed by atoms with Crippen LogP contribution in [-0.2, 0) is 6.54 Å². The third-order valence-electron chi connectivity index (χ3n) is 3.06. The number of aliphatic hydroxyl groups excluding tert-OH is 1. The van der Waals surface area contributed by atoms with Gasteiger partial charge in [0.2, 0.25) is 0 Å². The van der Waals surface area contributed by atoms with Crippen LogP contribution in [0.15, 0.2) is 12.1 Å². The minimum absolute atomic E-state index is 0.125. The fraction of sp³-hybridized carbons (Fsp3) is 0.571. The van der Waals surface area contributed by atoms with Gasteiger partial charge in [-0.15, -0.1) is 0 Å². The van der Waals surface area contributed by atoms with Crippen molar-refractivity contribution in [3.63, 3.8) is 0 Å². The minimum atomic E-state index is 0.125. The standard InChI is InChI=1S/C14H20Cl3NO/c1-14(2,6-3-7-19)9-18-8-10-11(15)4-5-12(16)13(10)17/h4-5,18-19H,3,6-9H2,1-2H3. The van der Waals surface area contributed by atoms with Gasteiger partial charge >= 0.3 is 0 Å². The van der Waals surface area contributed by atoms with Gasteiger partial charge in [0.05, 0.1) is 10.0 Å². The Labute approximate surface area is 130 Å². The molecule has 0 aliphatic rings. The van der Waals surface area contributed by atoms with Gasteiger partial charge in [0, 0.05) is 30.3 Å². The molecule has 5 heteroatoms. The molecule has 0 saturated carbocycles. The maximum Gasteiger partial charge on any atom is 0.0652 e. The molecular weight excluding hydrogens is 305 g/mol. The van der Waals surface area contributed by atoms with Crippen LogP contribution in [0.3, 0.4) is 0 Å². The van der Waals surface area contributed by atoms with E-state index in [4.69, 9.17) is 39.9 Å². The van der Waals surface area contributed by atoms with Gasteiger partial charge < -0.3 is 10.4 Å². The van der Waals surface area contributed by atoms with Crippen molar-refractivity contribution in [2.75, 3.05) is 13.2 Å². The number of nitrogens with one attached hydrogen (secondary N) is 1. The molecular formula is C14H20Cl3NO. The molecule has 0 aromatic heterocycles. The number of hydrogen-bond acceptors (Lipinski definition) is 2. The van der Waals surface area contributed by atoms with Crippen molar-refractivity contribution in [1.29, 1.82) is 0 Å². The molecule has 0 heterocycles. The highest BCUT2D eigenvalue weighted by Gasteiger charge is 2.17. The number of halogens is 3.